The monoisotopic (exact) mass is 605 g/mol. The molecule has 0 aromatic rings. The van der Waals surface area contributed by atoms with Crippen LogP contribution >= 0.6 is 0 Å². The maximum atomic E-state index is 14.2. The average molecular weight is 606 g/mol. The van der Waals surface area contributed by atoms with Gasteiger partial charge in [-0.15, -0.1) is 0 Å². The summed E-state index contributed by atoms with van der Waals surface area (Å²) in [6.07, 6.45) is 19.5. The van der Waals surface area contributed by atoms with Gasteiger partial charge < -0.3 is 19.9 Å². The van der Waals surface area contributed by atoms with Gasteiger partial charge in [0.25, 0.3) is 0 Å². The van der Waals surface area contributed by atoms with Crippen LogP contribution in [-0.4, -0.2) is 36.4 Å². The van der Waals surface area contributed by atoms with E-state index in [1.165, 1.54) is 18.4 Å². The molecule has 2 unspecified atom stereocenters. The minimum atomic E-state index is -0.605. The fourth-order valence-corrected chi connectivity index (χ4v) is 11.0. The number of rotatable bonds is 9. The third-order valence-electron chi connectivity index (χ3n) is 13.0. The Kier molecular flexibility index (Phi) is 8.20. The van der Waals surface area contributed by atoms with Gasteiger partial charge in [-0.2, -0.15) is 0 Å². The van der Waals surface area contributed by atoms with Crippen molar-refractivity contribution in [2.45, 2.75) is 116 Å². The Balaban J connectivity index is 1.39. The lowest BCUT2D eigenvalue weighted by atomic mass is 9.43. The summed E-state index contributed by atoms with van der Waals surface area (Å²) in [6.45, 7) is 5.56. The van der Waals surface area contributed by atoms with Crippen molar-refractivity contribution in [1.82, 2.24) is 0 Å². The van der Waals surface area contributed by atoms with E-state index in [1.54, 1.807) is 0 Å². The number of cyclic esters (lactones) is 2. The molecule has 8 rings (SSSR count). The molecule has 5 N–H and O–H groups in total. The Morgan fingerprint density at radius 3 is 2.64 bits per heavy atom. The Hall–Kier alpha value is -2.22. The lowest BCUT2D eigenvalue weighted by Gasteiger charge is -2.58. The summed E-state index contributed by atoms with van der Waals surface area (Å²) in [5.41, 5.74) is 10.1. The molecule has 5 aliphatic carbocycles. The van der Waals surface area contributed by atoms with E-state index in [4.69, 9.17) is 15.2 Å². The van der Waals surface area contributed by atoms with Crippen molar-refractivity contribution >= 4 is 11.9 Å². The van der Waals surface area contributed by atoms with E-state index in [1.807, 2.05) is 0 Å². The molecule has 3 heterocycles. The molecule has 7 atom stereocenters. The second kappa shape index (κ2) is 11.9. The first kappa shape index (κ1) is 30.4. The molecule has 7 nitrogen and oxygen atoms in total. The predicted molar refractivity (Wildman–Crippen MR) is 167 cm³/mol. The van der Waals surface area contributed by atoms with Crippen molar-refractivity contribution in [3.8, 4) is 0 Å². The number of hydrogen-bond acceptors (Lipinski definition) is 6. The molecule has 4 fully saturated rings. The lowest BCUT2D eigenvalue weighted by Crippen LogP contribution is -2.94. The van der Waals surface area contributed by atoms with E-state index in [2.05, 4.69) is 31.3 Å². The summed E-state index contributed by atoms with van der Waals surface area (Å²) in [5, 5.41) is 12.2. The molecule has 8 aliphatic rings. The largest absolute Gasteiger partial charge is 0.427 e. The molecule has 0 aromatic carbocycles. The first-order chi connectivity index (χ1) is 21.4. The smallest absolute Gasteiger partial charge is 0.340 e. The maximum absolute atomic E-state index is 14.2. The predicted octanol–water partition coefficient (Wildman–Crippen LogP) is 5.31. The number of fused-ring (bicyclic) bond motifs is 1. The van der Waals surface area contributed by atoms with Crippen molar-refractivity contribution in [2.24, 2.45) is 46.2 Å². The van der Waals surface area contributed by atoms with Crippen molar-refractivity contribution in [2.75, 3.05) is 13.2 Å². The van der Waals surface area contributed by atoms with E-state index < -0.39 is 5.41 Å². The summed E-state index contributed by atoms with van der Waals surface area (Å²) in [4.78, 5) is 28.2. The van der Waals surface area contributed by atoms with Gasteiger partial charge in [-0.1, -0.05) is 38.7 Å². The molecule has 2 bridgehead atoms. The summed E-state index contributed by atoms with van der Waals surface area (Å²) < 4.78 is 12.5. The number of hydrogen-bond donors (Lipinski definition) is 3. The first-order valence-corrected chi connectivity index (χ1v) is 17.9. The number of carbonyl (C=O) groups excluding carboxylic acids is 2. The Bertz CT molecular complexity index is 1320. The van der Waals surface area contributed by atoms with E-state index in [9.17, 15) is 14.7 Å². The third kappa shape index (κ3) is 4.62. The quantitative estimate of drug-likeness (QED) is 0.307. The van der Waals surface area contributed by atoms with Gasteiger partial charge in [-0.05, 0) is 105 Å². The second-order valence-electron chi connectivity index (χ2n) is 15.0. The number of quaternary nitrogens is 1. The number of nitrogens with two attached hydrogens (primary N) is 2. The average Bonchev–Trinajstić information content (AvgIpc) is 3.71. The van der Waals surface area contributed by atoms with Gasteiger partial charge >= 0.3 is 11.9 Å². The highest BCUT2D eigenvalue weighted by atomic mass is 16.5. The number of aliphatic hydroxyl groups excluding tert-OH is 1. The zero-order valence-corrected chi connectivity index (χ0v) is 26.9. The Morgan fingerprint density at radius 2 is 1.91 bits per heavy atom. The molecule has 0 aromatic heterocycles. The van der Waals surface area contributed by atoms with Crippen LogP contribution in [0.1, 0.15) is 110 Å². The number of ether oxygens (including phenoxy) is 2. The summed E-state index contributed by atoms with van der Waals surface area (Å²) in [6, 6.07) is 0. The topological polar surface area (TPSA) is 115 Å². The molecule has 44 heavy (non-hydrogen) atoms. The minimum Gasteiger partial charge on any atom is -0.427 e. The fraction of sp³-hybridized carbons (Fsp3) is 0.730. The zero-order chi connectivity index (χ0) is 30.6. The van der Waals surface area contributed by atoms with E-state index in [-0.39, 0.29) is 53.8 Å². The van der Waals surface area contributed by atoms with Crippen LogP contribution in [0.4, 0.5) is 0 Å². The summed E-state index contributed by atoms with van der Waals surface area (Å²) >= 11 is 0. The minimum absolute atomic E-state index is 0.0705. The van der Waals surface area contributed by atoms with Gasteiger partial charge in [0.2, 0.25) is 0 Å². The van der Waals surface area contributed by atoms with Gasteiger partial charge in [0.05, 0.1) is 17.5 Å². The van der Waals surface area contributed by atoms with Crippen molar-refractivity contribution in [3.05, 3.63) is 46.0 Å². The number of piperidine rings is 1. The highest BCUT2D eigenvalue weighted by Gasteiger charge is 2.69. The molecule has 0 amide bonds. The molecule has 240 valence electrons. The van der Waals surface area contributed by atoms with Crippen LogP contribution < -0.4 is 11.1 Å². The lowest BCUT2D eigenvalue weighted by molar-refractivity contribution is -0.699. The molecular weight excluding hydrogens is 552 g/mol. The number of carbonyl (C=O) groups is 2. The Labute approximate surface area is 262 Å². The number of unbranched alkanes of at least 4 members (excludes halogenated alkanes) is 1. The highest BCUT2D eigenvalue weighted by Crippen LogP contribution is 2.71. The van der Waals surface area contributed by atoms with E-state index in [0.717, 1.165) is 112 Å². The van der Waals surface area contributed by atoms with Gasteiger partial charge in [0, 0.05) is 36.5 Å². The third-order valence-corrected chi connectivity index (χ3v) is 13.0. The standard InChI is InChI=1S/C37H52N2O5/c1-3-5-10-28-37-17-13-24(30(33(37)35(42)44-28)23(9-8-19-40)22-14-18-39-29(38)20-22)25-11-12-26-27(43-34(41)31(26)32(25)37)21-36(4-2)15-6-7-16-36/h10,21-25,29,32,39-40H,3-9,11-20,38H2,1-2H3/p+1/t22?,23-,24+,25-,29?,32-,37+/m1/s1. The first-order valence-electron chi connectivity index (χ1n) is 17.9. The second-order valence-corrected chi connectivity index (χ2v) is 15.0. The van der Waals surface area contributed by atoms with E-state index in [0.29, 0.717) is 12.3 Å². The molecular formula is C37H53N2O5+. The van der Waals surface area contributed by atoms with E-state index >= 15 is 0 Å². The number of aliphatic hydroxyl groups is 1. The summed E-state index contributed by atoms with van der Waals surface area (Å²) in [7, 11) is 0. The molecule has 2 saturated heterocycles. The fourth-order valence-electron chi connectivity index (χ4n) is 11.0. The van der Waals surface area contributed by atoms with Crippen LogP contribution in [0.25, 0.3) is 0 Å². The Morgan fingerprint density at radius 1 is 1.09 bits per heavy atom. The molecule has 7 heteroatoms. The highest BCUT2D eigenvalue weighted by molar-refractivity contribution is 6.00. The molecule has 3 aliphatic heterocycles. The van der Waals surface area contributed by atoms with Crippen LogP contribution in [0.3, 0.4) is 0 Å². The van der Waals surface area contributed by atoms with Crippen LogP contribution in [0.5, 0.6) is 0 Å². The number of esters is 2. The van der Waals surface area contributed by atoms with Crippen LogP contribution in [0.15, 0.2) is 46.0 Å². The van der Waals surface area contributed by atoms with Crippen molar-refractivity contribution < 1.29 is 29.5 Å². The van der Waals surface area contributed by atoms with Crippen molar-refractivity contribution in [1.29, 1.82) is 0 Å². The van der Waals surface area contributed by atoms with Crippen LogP contribution in [0.2, 0.25) is 0 Å². The van der Waals surface area contributed by atoms with Crippen LogP contribution in [0, 0.1) is 40.4 Å². The zero-order valence-electron chi connectivity index (χ0n) is 26.9. The number of allylic oxidation sites excluding steroid dienone is 5. The maximum Gasteiger partial charge on any atom is 0.340 e. The molecule has 0 radical (unpaired) electrons. The van der Waals surface area contributed by atoms with Crippen molar-refractivity contribution in [3.63, 3.8) is 0 Å². The molecule has 2 saturated carbocycles. The van der Waals surface area contributed by atoms with Gasteiger partial charge in [-0.3, -0.25) is 5.73 Å². The SMILES string of the molecule is CCCC=C1OC(=O)C2=C([C@H](CCCO)C3CC[NH2+]C(N)C3)[C@H]3CC[C@@]12[C@H]1C2=C(CC[C@H]31)C(=CC1(CC)CCCC1)OC2=O. The van der Waals surface area contributed by atoms with Gasteiger partial charge in [-0.25, -0.2) is 9.59 Å². The molecule has 1 spiro atoms. The van der Waals surface area contributed by atoms with Gasteiger partial charge in [0.15, 0.2) is 0 Å². The normalized spacial score (nSPS) is 38.2. The summed E-state index contributed by atoms with van der Waals surface area (Å²) in [5.74, 6) is 2.24. The van der Waals surface area contributed by atoms with Gasteiger partial charge in [0.1, 0.15) is 17.7 Å². The van der Waals surface area contributed by atoms with Crippen LogP contribution in [-0.2, 0) is 19.1 Å².